The molecule has 1 N–H and O–H groups in total. The van der Waals surface area contributed by atoms with Crippen molar-refractivity contribution in [1.82, 2.24) is 10.2 Å². The monoisotopic (exact) mass is 212 g/mol. The molecule has 86 valence electrons. The van der Waals surface area contributed by atoms with Crippen LogP contribution in [0.2, 0.25) is 0 Å². The van der Waals surface area contributed by atoms with E-state index in [0.717, 1.165) is 45.4 Å². The third kappa shape index (κ3) is 2.49. The highest BCUT2D eigenvalue weighted by Crippen LogP contribution is 2.19. The van der Waals surface area contributed by atoms with Crippen LogP contribution < -0.4 is 5.32 Å². The fraction of sp³-hybridized carbons (Fsp3) is 0.909. The summed E-state index contributed by atoms with van der Waals surface area (Å²) in [5.41, 5.74) is 0. The summed E-state index contributed by atoms with van der Waals surface area (Å²) in [5.74, 6) is 0.595. The van der Waals surface area contributed by atoms with Gasteiger partial charge in [0.25, 0.3) is 0 Å². The molecule has 2 aliphatic heterocycles. The number of rotatable bonds is 2. The van der Waals surface area contributed by atoms with Crippen LogP contribution in [0.1, 0.15) is 19.3 Å². The van der Waals surface area contributed by atoms with E-state index in [1.54, 1.807) is 7.11 Å². The fourth-order valence-corrected chi connectivity index (χ4v) is 2.45. The first-order valence-corrected chi connectivity index (χ1v) is 5.83. The van der Waals surface area contributed by atoms with Gasteiger partial charge >= 0.3 is 0 Å². The predicted molar refractivity (Wildman–Crippen MR) is 57.6 cm³/mol. The molecule has 0 aromatic heterocycles. The number of carbonyl (C=O) groups excluding carboxylic acids is 1. The number of amides is 1. The van der Waals surface area contributed by atoms with E-state index in [0.29, 0.717) is 5.91 Å². The van der Waals surface area contributed by atoms with Crippen LogP contribution in [-0.2, 0) is 9.53 Å². The highest BCUT2D eigenvalue weighted by atomic mass is 16.5. The second kappa shape index (κ2) is 4.94. The largest absolute Gasteiger partial charge is 0.380 e. The molecular formula is C11H20N2O2. The van der Waals surface area contributed by atoms with Crippen LogP contribution in [0.25, 0.3) is 0 Å². The minimum Gasteiger partial charge on any atom is -0.380 e. The molecule has 1 amide bonds. The maximum absolute atomic E-state index is 12.1. The van der Waals surface area contributed by atoms with Crippen LogP contribution in [0.15, 0.2) is 0 Å². The number of hydrogen-bond donors (Lipinski definition) is 1. The van der Waals surface area contributed by atoms with E-state index >= 15 is 0 Å². The topological polar surface area (TPSA) is 41.6 Å². The van der Waals surface area contributed by atoms with Crippen molar-refractivity contribution in [3.63, 3.8) is 0 Å². The minimum absolute atomic E-state index is 0.252. The summed E-state index contributed by atoms with van der Waals surface area (Å²) in [5, 5.41) is 3.28. The lowest BCUT2D eigenvalue weighted by atomic mass is 9.97. The van der Waals surface area contributed by atoms with Crippen molar-refractivity contribution in [2.75, 3.05) is 33.3 Å². The van der Waals surface area contributed by atoms with Crippen molar-refractivity contribution in [2.45, 2.75) is 25.4 Å². The van der Waals surface area contributed by atoms with Crippen molar-refractivity contribution in [3.8, 4) is 0 Å². The molecule has 4 nitrogen and oxygen atoms in total. The molecule has 15 heavy (non-hydrogen) atoms. The van der Waals surface area contributed by atoms with Crippen molar-refractivity contribution < 1.29 is 9.53 Å². The molecule has 0 unspecified atom stereocenters. The summed E-state index contributed by atoms with van der Waals surface area (Å²) in [4.78, 5) is 14.1. The number of carbonyl (C=O) groups is 1. The summed E-state index contributed by atoms with van der Waals surface area (Å²) in [6.07, 6.45) is 3.24. The van der Waals surface area contributed by atoms with Gasteiger partial charge in [0.2, 0.25) is 5.91 Å². The van der Waals surface area contributed by atoms with Crippen LogP contribution >= 0.6 is 0 Å². The molecule has 2 saturated heterocycles. The average molecular weight is 212 g/mol. The number of nitrogens with one attached hydrogen (secondary N) is 1. The molecule has 0 bridgehead atoms. The van der Waals surface area contributed by atoms with E-state index < -0.39 is 0 Å². The Kier molecular flexibility index (Phi) is 3.59. The summed E-state index contributed by atoms with van der Waals surface area (Å²) in [7, 11) is 1.73. The Hall–Kier alpha value is -0.610. The molecule has 0 radical (unpaired) electrons. The molecule has 0 aromatic carbocycles. The molecule has 2 heterocycles. The molecule has 0 spiro atoms. The highest BCUT2D eigenvalue weighted by Gasteiger charge is 2.31. The van der Waals surface area contributed by atoms with Gasteiger partial charge in [-0.05, 0) is 32.4 Å². The van der Waals surface area contributed by atoms with Gasteiger partial charge in [0.15, 0.2) is 0 Å². The molecule has 4 heteroatoms. The van der Waals surface area contributed by atoms with Gasteiger partial charge in [0.05, 0.1) is 6.10 Å². The molecule has 2 rings (SSSR count). The molecule has 2 fully saturated rings. The lowest BCUT2D eigenvalue weighted by Crippen LogP contribution is -2.40. The second-order valence-electron chi connectivity index (χ2n) is 4.45. The van der Waals surface area contributed by atoms with Crippen LogP contribution in [-0.4, -0.2) is 50.2 Å². The number of likely N-dealkylation sites (tertiary alicyclic amines) is 1. The maximum atomic E-state index is 12.1. The molecular weight excluding hydrogens is 192 g/mol. The number of hydrogen-bond acceptors (Lipinski definition) is 3. The summed E-state index contributed by atoms with van der Waals surface area (Å²) in [6, 6.07) is 0. The second-order valence-corrected chi connectivity index (χ2v) is 4.45. The lowest BCUT2D eigenvalue weighted by molar-refractivity contribution is -0.135. The molecule has 0 aromatic rings. The molecule has 0 aliphatic carbocycles. The zero-order chi connectivity index (χ0) is 10.7. The summed E-state index contributed by atoms with van der Waals surface area (Å²) < 4.78 is 5.27. The lowest BCUT2D eigenvalue weighted by Gasteiger charge is -2.26. The van der Waals surface area contributed by atoms with Gasteiger partial charge in [-0.2, -0.15) is 0 Å². The van der Waals surface area contributed by atoms with E-state index in [4.69, 9.17) is 4.74 Å². The number of methoxy groups -OCH3 is 1. The van der Waals surface area contributed by atoms with Gasteiger partial charge in [-0.25, -0.2) is 0 Å². The van der Waals surface area contributed by atoms with Gasteiger partial charge in [-0.3, -0.25) is 4.79 Å². The highest BCUT2D eigenvalue weighted by molar-refractivity contribution is 5.79. The molecule has 1 atom stereocenters. The Balaban J connectivity index is 1.85. The third-order valence-corrected chi connectivity index (χ3v) is 3.48. The van der Waals surface area contributed by atoms with Gasteiger partial charge in [-0.1, -0.05) is 0 Å². The van der Waals surface area contributed by atoms with Crippen LogP contribution in [0.3, 0.4) is 0 Å². The Bertz CT molecular complexity index is 227. The average Bonchev–Trinajstić information content (AvgIpc) is 2.78. The van der Waals surface area contributed by atoms with E-state index in [1.165, 1.54) is 0 Å². The number of ether oxygens (including phenoxy) is 1. The van der Waals surface area contributed by atoms with Crippen LogP contribution in [0.5, 0.6) is 0 Å². The number of nitrogens with zero attached hydrogens (tertiary/aromatic N) is 1. The van der Waals surface area contributed by atoms with Crippen molar-refractivity contribution in [2.24, 2.45) is 5.92 Å². The smallest absolute Gasteiger partial charge is 0.225 e. The fourth-order valence-electron chi connectivity index (χ4n) is 2.45. The standard InChI is InChI=1S/C11H20N2O2/c1-15-10-4-7-13(8-10)11(14)9-2-5-12-6-3-9/h9-10,12H,2-8H2,1H3/t10-/m0/s1. The van der Waals surface area contributed by atoms with Crippen molar-refractivity contribution in [3.05, 3.63) is 0 Å². The first-order chi connectivity index (χ1) is 7.31. The van der Waals surface area contributed by atoms with Gasteiger partial charge in [0.1, 0.15) is 0 Å². The Morgan fingerprint density at radius 1 is 1.33 bits per heavy atom. The van der Waals surface area contributed by atoms with Gasteiger partial charge < -0.3 is 15.0 Å². The zero-order valence-electron chi connectivity index (χ0n) is 9.37. The maximum Gasteiger partial charge on any atom is 0.225 e. The van der Waals surface area contributed by atoms with Crippen molar-refractivity contribution in [1.29, 1.82) is 0 Å². The normalized spacial score (nSPS) is 28.3. The summed E-state index contributed by atoms with van der Waals surface area (Å²) >= 11 is 0. The minimum atomic E-state index is 0.252. The quantitative estimate of drug-likeness (QED) is 0.712. The van der Waals surface area contributed by atoms with Gasteiger partial charge in [-0.15, -0.1) is 0 Å². The Morgan fingerprint density at radius 2 is 2.07 bits per heavy atom. The van der Waals surface area contributed by atoms with E-state index in [1.807, 2.05) is 4.90 Å². The predicted octanol–water partition coefficient (Wildman–Crippen LogP) is 0.233. The van der Waals surface area contributed by atoms with Crippen LogP contribution in [0.4, 0.5) is 0 Å². The number of piperidine rings is 1. The van der Waals surface area contributed by atoms with Crippen LogP contribution in [0, 0.1) is 5.92 Å². The Labute approximate surface area is 91.0 Å². The van der Waals surface area contributed by atoms with E-state index in [-0.39, 0.29) is 12.0 Å². The molecule has 0 saturated carbocycles. The summed E-state index contributed by atoms with van der Waals surface area (Å²) in [6.45, 7) is 3.64. The van der Waals surface area contributed by atoms with E-state index in [9.17, 15) is 4.79 Å². The zero-order valence-corrected chi connectivity index (χ0v) is 9.37. The SMILES string of the molecule is CO[C@H]1CCN(C(=O)C2CCNCC2)C1. The van der Waals surface area contributed by atoms with Crippen molar-refractivity contribution >= 4 is 5.91 Å². The first-order valence-electron chi connectivity index (χ1n) is 5.83. The first kappa shape index (κ1) is 10.9. The molecule has 2 aliphatic rings. The van der Waals surface area contributed by atoms with Gasteiger partial charge in [0, 0.05) is 26.1 Å². The third-order valence-electron chi connectivity index (χ3n) is 3.48. The van der Waals surface area contributed by atoms with E-state index in [2.05, 4.69) is 5.32 Å². The Morgan fingerprint density at radius 3 is 2.67 bits per heavy atom.